The summed E-state index contributed by atoms with van der Waals surface area (Å²) in [4.78, 5) is 35.2. The van der Waals surface area contributed by atoms with Crippen LogP contribution < -0.4 is 16.2 Å². The number of aromatic nitrogens is 4. The predicted molar refractivity (Wildman–Crippen MR) is 158 cm³/mol. The standard InChI is InChI=1S/C32H30N6O3/c39-20-29(23-7-2-1-3-8-23)37-17-5-9-25(32(37)41)31(40)34-14-4-6-22-10-11-27-26(18-22)30-28(19-35-27)36-21-38(30)24-12-15-33-16-13-24/h1-3,5,7-11,17-19,21,24,29,33,39H,12-16,20H2,(H,34,40). The van der Waals surface area contributed by atoms with Crippen molar-refractivity contribution in [2.75, 3.05) is 26.2 Å². The molecule has 1 atom stereocenters. The van der Waals surface area contributed by atoms with Gasteiger partial charge in [-0.05, 0) is 61.8 Å². The number of amides is 1. The molecule has 1 amide bonds. The largest absolute Gasteiger partial charge is 0.394 e. The number of imidazole rings is 1. The zero-order chi connectivity index (χ0) is 28.2. The Morgan fingerprint density at radius 3 is 2.71 bits per heavy atom. The molecule has 206 valence electrons. The number of rotatable bonds is 6. The van der Waals surface area contributed by atoms with Crippen molar-refractivity contribution in [2.24, 2.45) is 0 Å². The first-order chi connectivity index (χ1) is 20.1. The van der Waals surface area contributed by atoms with Crippen LogP contribution in [0, 0.1) is 11.8 Å². The van der Waals surface area contributed by atoms with Gasteiger partial charge in [0.1, 0.15) is 11.1 Å². The number of fused-ring (bicyclic) bond motifs is 3. The Morgan fingerprint density at radius 1 is 1.07 bits per heavy atom. The lowest BCUT2D eigenvalue weighted by atomic mass is 10.1. The van der Waals surface area contributed by atoms with E-state index in [-0.39, 0.29) is 18.7 Å². The van der Waals surface area contributed by atoms with E-state index in [4.69, 9.17) is 0 Å². The number of benzene rings is 2. The summed E-state index contributed by atoms with van der Waals surface area (Å²) in [5, 5.41) is 17.1. The fourth-order valence-electron chi connectivity index (χ4n) is 5.48. The minimum absolute atomic E-state index is 0.00553. The number of nitrogens with zero attached hydrogens (tertiary/aromatic N) is 4. The number of hydrogen-bond donors (Lipinski definition) is 3. The summed E-state index contributed by atoms with van der Waals surface area (Å²) in [6, 6.07) is 18.0. The van der Waals surface area contributed by atoms with Gasteiger partial charge in [-0.3, -0.25) is 14.6 Å². The van der Waals surface area contributed by atoms with Crippen LogP contribution >= 0.6 is 0 Å². The number of carbonyl (C=O) groups is 1. The highest BCUT2D eigenvalue weighted by atomic mass is 16.3. The Kier molecular flexibility index (Phi) is 7.58. The van der Waals surface area contributed by atoms with Crippen molar-refractivity contribution in [3.05, 3.63) is 106 Å². The molecule has 1 saturated heterocycles. The van der Waals surface area contributed by atoms with E-state index in [0.717, 1.165) is 59.0 Å². The van der Waals surface area contributed by atoms with Gasteiger partial charge < -0.3 is 24.9 Å². The van der Waals surface area contributed by atoms with Crippen molar-refractivity contribution in [3.8, 4) is 11.8 Å². The first-order valence-electron chi connectivity index (χ1n) is 13.7. The molecule has 0 saturated carbocycles. The molecule has 0 radical (unpaired) electrons. The van der Waals surface area contributed by atoms with Gasteiger partial charge in [-0.2, -0.15) is 0 Å². The maximum atomic E-state index is 13.1. The summed E-state index contributed by atoms with van der Waals surface area (Å²) in [7, 11) is 0. The lowest BCUT2D eigenvalue weighted by Gasteiger charge is -2.24. The summed E-state index contributed by atoms with van der Waals surface area (Å²) in [6.07, 6.45) is 7.41. The Hall–Kier alpha value is -4.78. The van der Waals surface area contributed by atoms with Gasteiger partial charge in [0.25, 0.3) is 11.5 Å². The topological polar surface area (TPSA) is 114 Å². The third kappa shape index (κ3) is 5.35. The Bertz CT molecular complexity index is 1830. The Balaban J connectivity index is 1.20. The number of carbonyl (C=O) groups excluding carboxylic acids is 1. The van der Waals surface area contributed by atoms with E-state index < -0.39 is 17.5 Å². The quantitative estimate of drug-likeness (QED) is 0.282. The second-order valence-electron chi connectivity index (χ2n) is 10.1. The first-order valence-corrected chi connectivity index (χ1v) is 13.7. The second kappa shape index (κ2) is 11.8. The molecule has 9 nitrogen and oxygen atoms in total. The predicted octanol–water partition coefficient (Wildman–Crippen LogP) is 3.03. The molecule has 1 fully saturated rings. The van der Waals surface area contributed by atoms with Crippen LogP contribution in [0.1, 0.15) is 46.4 Å². The number of pyridine rings is 2. The summed E-state index contributed by atoms with van der Waals surface area (Å²) < 4.78 is 3.65. The molecule has 5 aromatic rings. The maximum Gasteiger partial charge on any atom is 0.264 e. The zero-order valence-electron chi connectivity index (χ0n) is 22.5. The van der Waals surface area contributed by atoms with Gasteiger partial charge in [0.15, 0.2) is 0 Å². The summed E-state index contributed by atoms with van der Waals surface area (Å²) >= 11 is 0. The van der Waals surface area contributed by atoms with Gasteiger partial charge in [-0.15, -0.1) is 0 Å². The maximum absolute atomic E-state index is 13.1. The molecular weight excluding hydrogens is 516 g/mol. The average Bonchev–Trinajstić information content (AvgIpc) is 3.46. The average molecular weight is 547 g/mol. The smallest absolute Gasteiger partial charge is 0.264 e. The molecule has 1 aliphatic heterocycles. The number of aliphatic hydroxyl groups excluding tert-OH is 1. The summed E-state index contributed by atoms with van der Waals surface area (Å²) in [5.74, 6) is 5.61. The van der Waals surface area contributed by atoms with Crippen molar-refractivity contribution in [3.63, 3.8) is 0 Å². The summed E-state index contributed by atoms with van der Waals surface area (Å²) in [6.45, 7) is 1.78. The fraction of sp³-hybridized carbons (Fsp3) is 0.250. The van der Waals surface area contributed by atoms with Crippen LogP contribution in [0.2, 0.25) is 0 Å². The lowest BCUT2D eigenvalue weighted by molar-refractivity contribution is 0.0956. The van der Waals surface area contributed by atoms with Gasteiger partial charge in [-0.25, -0.2) is 4.98 Å². The molecule has 0 bridgehead atoms. The number of hydrogen-bond acceptors (Lipinski definition) is 6. The highest BCUT2D eigenvalue weighted by molar-refractivity contribution is 6.02. The van der Waals surface area contributed by atoms with Gasteiger partial charge in [0.05, 0.1) is 42.8 Å². The van der Waals surface area contributed by atoms with Crippen molar-refractivity contribution in [2.45, 2.75) is 24.9 Å². The first kappa shape index (κ1) is 26.4. The molecule has 0 spiro atoms. The van der Waals surface area contributed by atoms with Crippen LogP contribution in [0.3, 0.4) is 0 Å². The highest BCUT2D eigenvalue weighted by Gasteiger charge is 2.20. The van der Waals surface area contributed by atoms with Crippen LogP contribution in [0.4, 0.5) is 0 Å². The van der Waals surface area contributed by atoms with Crippen molar-refractivity contribution in [1.29, 1.82) is 0 Å². The minimum Gasteiger partial charge on any atom is -0.394 e. The van der Waals surface area contributed by atoms with E-state index in [1.807, 2.05) is 61.1 Å². The lowest BCUT2D eigenvalue weighted by Crippen LogP contribution is -2.35. The van der Waals surface area contributed by atoms with Crippen LogP contribution in [0.15, 0.2) is 84.2 Å². The number of nitrogens with one attached hydrogen (secondary N) is 2. The molecule has 4 heterocycles. The molecule has 1 aliphatic rings. The van der Waals surface area contributed by atoms with Crippen LogP contribution in [-0.4, -0.2) is 56.4 Å². The Morgan fingerprint density at radius 2 is 1.90 bits per heavy atom. The molecule has 1 unspecified atom stereocenters. The molecular formula is C32H30N6O3. The monoisotopic (exact) mass is 546 g/mol. The van der Waals surface area contributed by atoms with Gasteiger partial charge in [0.2, 0.25) is 0 Å². The van der Waals surface area contributed by atoms with Crippen molar-refractivity contribution in [1.82, 2.24) is 29.7 Å². The zero-order valence-corrected chi connectivity index (χ0v) is 22.5. The third-order valence-corrected chi connectivity index (χ3v) is 7.58. The van der Waals surface area contributed by atoms with E-state index in [2.05, 4.69) is 37.0 Å². The molecule has 6 rings (SSSR count). The second-order valence-corrected chi connectivity index (χ2v) is 10.1. The molecule has 3 N–H and O–H groups in total. The molecule has 3 aromatic heterocycles. The van der Waals surface area contributed by atoms with E-state index in [9.17, 15) is 14.7 Å². The van der Waals surface area contributed by atoms with E-state index >= 15 is 0 Å². The Labute approximate surface area is 236 Å². The van der Waals surface area contributed by atoms with Crippen LogP contribution in [-0.2, 0) is 0 Å². The highest BCUT2D eigenvalue weighted by Crippen LogP contribution is 2.29. The van der Waals surface area contributed by atoms with Gasteiger partial charge in [-0.1, -0.05) is 42.2 Å². The molecule has 0 aliphatic carbocycles. The minimum atomic E-state index is -0.587. The van der Waals surface area contributed by atoms with Crippen LogP contribution in [0.25, 0.3) is 21.9 Å². The van der Waals surface area contributed by atoms with Crippen LogP contribution in [0.5, 0.6) is 0 Å². The fourth-order valence-corrected chi connectivity index (χ4v) is 5.48. The van der Waals surface area contributed by atoms with Crippen molar-refractivity contribution >= 4 is 27.8 Å². The normalized spacial score (nSPS) is 14.5. The van der Waals surface area contributed by atoms with E-state index in [0.29, 0.717) is 6.04 Å². The van der Waals surface area contributed by atoms with Gasteiger partial charge >= 0.3 is 0 Å². The van der Waals surface area contributed by atoms with Crippen molar-refractivity contribution < 1.29 is 9.90 Å². The third-order valence-electron chi connectivity index (χ3n) is 7.58. The molecule has 9 heteroatoms. The molecule has 2 aromatic carbocycles. The summed E-state index contributed by atoms with van der Waals surface area (Å²) in [5.41, 5.74) is 3.90. The number of piperidine rings is 1. The van der Waals surface area contributed by atoms with E-state index in [1.54, 1.807) is 12.3 Å². The number of aliphatic hydroxyl groups is 1. The molecule has 41 heavy (non-hydrogen) atoms. The SMILES string of the molecule is O=C(NCC#Cc1ccc2ncc3ncn(C4CCNCC4)c3c2c1)c1cccn(C(CO)c2ccccc2)c1=O. The van der Waals surface area contributed by atoms with E-state index in [1.165, 1.54) is 10.6 Å². The van der Waals surface area contributed by atoms with Gasteiger partial charge in [0, 0.05) is 23.2 Å².